The molecule has 1 amide bonds. The largest absolute Gasteiger partial charge is 0.481 e. The monoisotopic (exact) mass is 348 g/mol. The van der Waals surface area contributed by atoms with Crippen molar-refractivity contribution in [3.63, 3.8) is 0 Å². The van der Waals surface area contributed by atoms with Gasteiger partial charge in [0.25, 0.3) is 5.34 Å². The van der Waals surface area contributed by atoms with Crippen LogP contribution in [0.5, 0.6) is 0 Å². The molecule has 0 aliphatic rings. The molecule has 0 heterocycles. The minimum absolute atomic E-state index is 0.0899. The van der Waals surface area contributed by atoms with E-state index in [-0.39, 0.29) is 19.3 Å². The first-order chi connectivity index (χ1) is 10.9. The molecule has 4 N–H and O–H groups in total. The first-order valence-corrected chi connectivity index (χ1v) is 9.41. The quantitative estimate of drug-likeness (QED) is 0.310. The van der Waals surface area contributed by atoms with Crippen LogP contribution in [0.25, 0.3) is 0 Å². The Morgan fingerprint density at radius 2 is 1.61 bits per heavy atom. The van der Waals surface area contributed by atoms with Crippen LogP contribution < -0.4 is 5.73 Å². The Hall–Kier alpha value is -1.00. The van der Waals surface area contributed by atoms with Gasteiger partial charge < -0.3 is 15.9 Å². The van der Waals surface area contributed by atoms with Crippen molar-refractivity contribution in [3.05, 3.63) is 0 Å². The van der Waals surface area contributed by atoms with E-state index in [2.05, 4.69) is 6.92 Å². The SMILES string of the molecule is CCCCCCCCCCC(O)([PH+]=O)C(CCC(N)=O)C(=O)O. The van der Waals surface area contributed by atoms with E-state index in [1.807, 2.05) is 0 Å². The number of carboxylic acids is 1. The lowest BCUT2D eigenvalue weighted by Crippen LogP contribution is -2.38. The summed E-state index contributed by atoms with van der Waals surface area (Å²) >= 11 is 0. The van der Waals surface area contributed by atoms with Crippen LogP contribution >= 0.6 is 8.46 Å². The molecule has 0 bridgehead atoms. The van der Waals surface area contributed by atoms with Crippen LogP contribution in [0.1, 0.15) is 77.6 Å². The molecule has 0 saturated heterocycles. The summed E-state index contributed by atoms with van der Waals surface area (Å²) in [5.74, 6) is -3.09. The van der Waals surface area contributed by atoms with Crippen LogP contribution in [-0.4, -0.2) is 27.4 Å². The van der Waals surface area contributed by atoms with Gasteiger partial charge in [0.05, 0.1) is 0 Å². The number of primary amides is 1. The van der Waals surface area contributed by atoms with Crippen molar-refractivity contribution >= 4 is 20.3 Å². The van der Waals surface area contributed by atoms with Gasteiger partial charge in [-0.15, -0.1) is 0 Å². The number of carbonyl (C=O) groups is 2. The molecule has 0 aromatic rings. The molecule has 23 heavy (non-hydrogen) atoms. The molecule has 7 heteroatoms. The summed E-state index contributed by atoms with van der Waals surface area (Å²) in [6.07, 6.45) is 8.48. The summed E-state index contributed by atoms with van der Waals surface area (Å²) in [7, 11) is -1.14. The van der Waals surface area contributed by atoms with E-state index in [4.69, 9.17) is 5.73 Å². The van der Waals surface area contributed by atoms with Crippen molar-refractivity contribution in [1.82, 2.24) is 0 Å². The van der Waals surface area contributed by atoms with Gasteiger partial charge in [0.2, 0.25) is 5.91 Å². The molecule has 3 unspecified atom stereocenters. The Kier molecular flexibility index (Phi) is 11.9. The van der Waals surface area contributed by atoms with Gasteiger partial charge in [-0.1, -0.05) is 56.4 Å². The lowest BCUT2D eigenvalue weighted by Gasteiger charge is -2.21. The molecule has 0 saturated carbocycles. The highest BCUT2D eigenvalue weighted by Crippen LogP contribution is 2.37. The van der Waals surface area contributed by atoms with Crippen LogP contribution in [0, 0.1) is 5.92 Å². The first-order valence-electron chi connectivity index (χ1n) is 8.50. The van der Waals surface area contributed by atoms with Crippen LogP contribution in [0.15, 0.2) is 0 Å². The molecule has 6 nitrogen and oxygen atoms in total. The number of nitrogens with two attached hydrogens (primary N) is 1. The number of carbonyl (C=O) groups excluding carboxylic acids is 1. The van der Waals surface area contributed by atoms with E-state index in [0.29, 0.717) is 6.42 Å². The predicted molar refractivity (Wildman–Crippen MR) is 90.7 cm³/mol. The average molecular weight is 348 g/mol. The Labute approximate surface area is 140 Å². The van der Waals surface area contributed by atoms with E-state index in [1.54, 1.807) is 0 Å². The zero-order valence-corrected chi connectivity index (χ0v) is 15.1. The van der Waals surface area contributed by atoms with Gasteiger partial charge in [-0.05, 0) is 12.8 Å². The molecular weight excluding hydrogens is 317 g/mol. The van der Waals surface area contributed by atoms with Gasteiger partial charge in [-0.2, -0.15) is 0 Å². The summed E-state index contributed by atoms with van der Waals surface area (Å²) in [5, 5.41) is 17.9. The fourth-order valence-electron chi connectivity index (χ4n) is 2.68. The molecule has 0 aliphatic carbocycles. The zero-order chi connectivity index (χ0) is 17.7. The third-order valence-electron chi connectivity index (χ3n) is 4.14. The summed E-state index contributed by atoms with van der Waals surface area (Å²) in [4.78, 5) is 22.1. The smallest absolute Gasteiger partial charge is 0.360 e. The number of hydrogen-bond donors (Lipinski definition) is 3. The fourth-order valence-corrected chi connectivity index (χ4v) is 3.37. The second-order valence-electron chi connectivity index (χ2n) is 6.15. The van der Waals surface area contributed by atoms with Crippen LogP contribution in [0.2, 0.25) is 0 Å². The minimum atomic E-state index is -1.77. The lowest BCUT2D eigenvalue weighted by molar-refractivity contribution is -0.148. The van der Waals surface area contributed by atoms with Crippen molar-refractivity contribution in [2.24, 2.45) is 11.7 Å². The van der Waals surface area contributed by atoms with Crippen molar-refractivity contribution < 1.29 is 24.4 Å². The standard InChI is InChI=1S/C16H30NO5P/c1-2-3-4-5-6-7-8-9-12-16(21,23-22)13(15(19)20)10-11-14(17)18/h13,21H,2-12H2,1H3,(H2,17,18)(H,19,20)/p+1. The highest BCUT2D eigenvalue weighted by atomic mass is 31.1. The van der Waals surface area contributed by atoms with Crippen molar-refractivity contribution in [2.45, 2.75) is 82.9 Å². The highest BCUT2D eigenvalue weighted by Gasteiger charge is 2.48. The van der Waals surface area contributed by atoms with E-state index in [1.165, 1.54) is 25.7 Å². The van der Waals surface area contributed by atoms with Gasteiger partial charge in [0.15, 0.2) is 0 Å². The van der Waals surface area contributed by atoms with E-state index in [9.17, 15) is 24.4 Å². The second-order valence-corrected chi connectivity index (χ2v) is 7.22. The first kappa shape index (κ1) is 22.0. The summed E-state index contributed by atoms with van der Waals surface area (Å²) in [6, 6.07) is 0. The summed E-state index contributed by atoms with van der Waals surface area (Å²) in [5.41, 5.74) is 5.03. The molecule has 0 rings (SSSR count). The van der Waals surface area contributed by atoms with Crippen LogP contribution in [-0.2, 0) is 14.2 Å². The number of hydrogen-bond acceptors (Lipinski definition) is 4. The molecule has 0 aliphatic heterocycles. The second kappa shape index (κ2) is 12.4. The topological polar surface area (TPSA) is 118 Å². The Bertz CT molecular complexity index is 377. The molecule has 0 aromatic carbocycles. The van der Waals surface area contributed by atoms with Crippen LogP contribution in [0.3, 0.4) is 0 Å². The maximum absolute atomic E-state index is 11.4. The highest BCUT2D eigenvalue weighted by molar-refractivity contribution is 7.25. The van der Waals surface area contributed by atoms with Gasteiger partial charge in [0, 0.05) is 12.8 Å². The number of aliphatic hydroxyl groups is 1. The third-order valence-corrected chi connectivity index (χ3v) is 5.09. The lowest BCUT2D eigenvalue weighted by atomic mass is 9.91. The van der Waals surface area contributed by atoms with Gasteiger partial charge in [-0.25, -0.2) is 0 Å². The Morgan fingerprint density at radius 3 is 2.04 bits per heavy atom. The van der Waals surface area contributed by atoms with Crippen molar-refractivity contribution in [3.8, 4) is 0 Å². The predicted octanol–water partition coefficient (Wildman–Crippen LogP) is 3.20. The minimum Gasteiger partial charge on any atom is -0.481 e. The number of aliphatic carboxylic acids is 1. The number of carboxylic acid groups (broad SMARTS) is 1. The maximum Gasteiger partial charge on any atom is 0.360 e. The normalized spacial score (nSPS) is 15.2. The molecule has 0 spiro atoms. The Balaban J connectivity index is 4.26. The van der Waals surface area contributed by atoms with Gasteiger partial charge >= 0.3 is 14.4 Å². The van der Waals surface area contributed by atoms with E-state index in [0.717, 1.165) is 19.3 Å². The molecule has 0 aromatic heterocycles. The van der Waals surface area contributed by atoms with Crippen molar-refractivity contribution in [1.29, 1.82) is 0 Å². The van der Waals surface area contributed by atoms with E-state index >= 15 is 0 Å². The van der Waals surface area contributed by atoms with Gasteiger partial charge in [0.1, 0.15) is 5.92 Å². The number of amides is 1. The van der Waals surface area contributed by atoms with Gasteiger partial charge in [-0.3, -0.25) is 9.59 Å². The molecular formula is C16H31NO5P+. The number of unbranched alkanes of at least 4 members (excludes halogenated alkanes) is 7. The molecule has 0 radical (unpaired) electrons. The number of rotatable bonds is 15. The fraction of sp³-hybridized carbons (Fsp3) is 0.875. The van der Waals surface area contributed by atoms with Crippen molar-refractivity contribution in [2.75, 3.05) is 0 Å². The zero-order valence-electron chi connectivity index (χ0n) is 14.1. The molecule has 134 valence electrons. The summed E-state index contributed by atoms with van der Waals surface area (Å²) in [6.45, 7) is 2.17. The average Bonchev–Trinajstić information content (AvgIpc) is 2.49. The van der Waals surface area contributed by atoms with Crippen LogP contribution in [0.4, 0.5) is 0 Å². The molecule has 0 fully saturated rings. The molecule has 3 atom stereocenters. The maximum atomic E-state index is 11.4. The van der Waals surface area contributed by atoms with E-state index < -0.39 is 31.6 Å². The summed E-state index contributed by atoms with van der Waals surface area (Å²) < 4.78 is 11.4. The third kappa shape index (κ3) is 9.67. The Morgan fingerprint density at radius 1 is 1.09 bits per heavy atom.